The summed E-state index contributed by atoms with van der Waals surface area (Å²) in [5.74, 6) is 4.52. The molecule has 84 valence electrons. The van der Waals surface area contributed by atoms with Gasteiger partial charge in [0, 0.05) is 13.0 Å². The van der Waals surface area contributed by atoms with Crippen LogP contribution in [0.2, 0.25) is 0 Å². The van der Waals surface area contributed by atoms with Gasteiger partial charge < -0.3 is 15.5 Å². The molecule has 1 amide bonds. The van der Waals surface area contributed by atoms with Crippen molar-refractivity contribution < 1.29 is 15.0 Å². The van der Waals surface area contributed by atoms with Crippen LogP contribution in [0.25, 0.3) is 0 Å². The van der Waals surface area contributed by atoms with E-state index in [0.29, 0.717) is 13.0 Å². The van der Waals surface area contributed by atoms with E-state index >= 15 is 0 Å². The Kier molecular flexibility index (Phi) is 4.22. The molecule has 0 spiro atoms. The molecule has 16 heavy (non-hydrogen) atoms. The van der Waals surface area contributed by atoms with Gasteiger partial charge in [0.05, 0.1) is 0 Å². The first-order chi connectivity index (χ1) is 7.66. The lowest BCUT2D eigenvalue weighted by atomic mass is 10.1. The first kappa shape index (κ1) is 11.9. The number of nitrogens with one attached hydrogen (secondary N) is 1. The molecule has 3 N–H and O–H groups in total. The zero-order valence-electron chi connectivity index (χ0n) is 8.95. The Morgan fingerprint density at radius 1 is 1.38 bits per heavy atom. The first-order valence-electron chi connectivity index (χ1n) is 4.85. The summed E-state index contributed by atoms with van der Waals surface area (Å²) in [6.07, 6.45) is 0.538. The second-order valence-electron chi connectivity index (χ2n) is 3.10. The molecule has 0 aromatic heterocycles. The van der Waals surface area contributed by atoms with Crippen LogP contribution >= 0.6 is 0 Å². The standard InChI is InChI=1S/C12H13NO3/c1-2-3-4-8-13-12(16)11-9(14)6-5-7-10(11)15/h5-7,14-15H,4,8H2,1H3,(H,13,16). The summed E-state index contributed by atoms with van der Waals surface area (Å²) in [6, 6.07) is 4.16. The molecule has 1 rings (SSSR count). The molecule has 0 bridgehead atoms. The third kappa shape index (κ3) is 2.92. The maximum Gasteiger partial charge on any atom is 0.258 e. The normalized spacial score (nSPS) is 9.06. The summed E-state index contributed by atoms with van der Waals surface area (Å²) in [5, 5.41) is 21.4. The minimum atomic E-state index is -0.506. The number of amides is 1. The predicted octanol–water partition coefficient (Wildman–Crippen LogP) is 1.24. The van der Waals surface area contributed by atoms with Gasteiger partial charge in [-0.3, -0.25) is 4.79 Å². The maximum atomic E-state index is 11.6. The lowest BCUT2D eigenvalue weighted by molar-refractivity contribution is 0.0949. The van der Waals surface area contributed by atoms with Crippen molar-refractivity contribution in [2.75, 3.05) is 6.54 Å². The molecule has 1 aromatic carbocycles. The molecule has 0 fully saturated rings. The Morgan fingerprint density at radius 2 is 2.00 bits per heavy atom. The van der Waals surface area contributed by atoms with Crippen molar-refractivity contribution in [1.29, 1.82) is 0 Å². The Hall–Kier alpha value is -2.15. The maximum absolute atomic E-state index is 11.6. The quantitative estimate of drug-likeness (QED) is 0.529. The van der Waals surface area contributed by atoms with Gasteiger partial charge >= 0.3 is 0 Å². The van der Waals surface area contributed by atoms with Gasteiger partial charge in [0.1, 0.15) is 17.1 Å². The van der Waals surface area contributed by atoms with E-state index in [-0.39, 0.29) is 17.1 Å². The molecule has 0 aliphatic carbocycles. The monoisotopic (exact) mass is 219 g/mol. The average Bonchev–Trinajstić information content (AvgIpc) is 2.24. The number of benzene rings is 1. The van der Waals surface area contributed by atoms with Crippen molar-refractivity contribution in [2.24, 2.45) is 0 Å². The van der Waals surface area contributed by atoms with Crippen molar-refractivity contribution in [1.82, 2.24) is 5.32 Å². The highest BCUT2D eigenvalue weighted by Gasteiger charge is 2.14. The lowest BCUT2D eigenvalue weighted by Gasteiger charge is -2.06. The van der Waals surface area contributed by atoms with Crippen LogP contribution in [0.3, 0.4) is 0 Å². The summed E-state index contributed by atoms with van der Waals surface area (Å²) >= 11 is 0. The zero-order chi connectivity index (χ0) is 12.0. The fourth-order valence-electron chi connectivity index (χ4n) is 1.21. The van der Waals surface area contributed by atoms with Crippen LogP contribution in [0, 0.1) is 11.8 Å². The van der Waals surface area contributed by atoms with Gasteiger partial charge in [-0.05, 0) is 19.1 Å². The number of aromatic hydroxyl groups is 2. The summed E-state index contributed by atoms with van der Waals surface area (Å²) in [7, 11) is 0. The van der Waals surface area contributed by atoms with Gasteiger partial charge in [-0.2, -0.15) is 0 Å². The van der Waals surface area contributed by atoms with Gasteiger partial charge in [0.15, 0.2) is 0 Å². The van der Waals surface area contributed by atoms with Crippen LogP contribution in [0.1, 0.15) is 23.7 Å². The Labute approximate surface area is 93.9 Å². The van der Waals surface area contributed by atoms with Gasteiger partial charge in [-0.1, -0.05) is 6.07 Å². The van der Waals surface area contributed by atoms with Gasteiger partial charge in [-0.25, -0.2) is 0 Å². The molecule has 0 saturated heterocycles. The van der Waals surface area contributed by atoms with Crippen LogP contribution < -0.4 is 5.32 Å². The third-order valence-electron chi connectivity index (χ3n) is 1.96. The van der Waals surface area contributed by atoms with Crippen LogP contribution in [0.5, 0.6) is 11.5 Å². The molecule has 0 heterocycles. The van der Waals surface area contributed by atoms with E-state index in [1.54, 1.807) is 6.92 Å². The minimum absolute atomic E-state index is 0.105. The highest BCUT2D eigenvalue weighted by molar-refractivity contribution is 5.99. The van der Waals surface area contributed by atoms with E-state index in [9.17, 15) is 15.0 Å². The van der Waals surface area contributed by atoms with E-state index in [1.807, 2.05) is 0 Å². The van der Waals surface area contributed by atoms with E-state index in [1.165, 1.54) is 18.2 Å². The van der Waals surface area contributed by atoms with Crippen LogP contribution in [0.4, 0.5) is 0 Å². The topological polar surface area (TPSA) is 69.6 Å². The summed E-state index contributed by atoms with van der Waals surface area (Å²) in [5.41, 5.74) is -0.105. The summed E-state index contributed by atoms with van der Waals surface area (Å²) < 4.78 is 0. The molecule has 0 atom stereocenters. The van der Waals surface area contributed by atoms with Crippen molar-refractivity contribution >= 4 is 5.91 Å². The fourth-order valence-corrected chi connectivity index (χ4v) is 1.21. The number of hydrogen-bond acceptors (Lipinski definition) is 3. The van der Waals surface area contributed by atoms with E-state index < -0.39 is 5.91 Å². The Morgan fingerprint density at radius 3 is 2.56 bits per heavy atom. The van der Waals surface area contributed by atoms with E-state index in [2.05, 4.69) is 17.2 Å². The third-order valence-corrected chi connectivity index (χ3v) is 1.96. The molecular formula is C12H13NO3. The highest BCUT2D eigenvalue weighted by Crippen LogP contribution is 2.25. The predicted molar refractivity (Wildman–Crippen MR) is 60.2 cm³/mol. The number of rotatable bonds is 3. The van der Waals surface area contributed by atoms with Crippen molar-refractivity contribution in [2.45, 2.75) is 13.3 Å². The fraction of sp³-hybridized carbons (Fsp3) is 0.250. The van der Waals surface area contributed by atoms with Crippen molar-refractivity contribution in [3.05, 3.63) is 23.8 Å². The zero-order valence-corrected chi connectivity index (χ0v) is 8.95. The molecule has 0 unspecified atom stereocenters. The van der Waals surface area contributed by atoms with E-state index in [4.69, 9.17) is 0 Å². The smallest absolute Gasteiger partial charge is 0.258 e. The van der Waals surface area contributed by atoms with Crippen LogP contribution in [-0.2, 0) is 0 Å². The molecule has 0 aliphatic heterocycles. The largest absolute Gasteiger partial charge is 0.507 e. The Balaban J connectivity index is 2.68. The number of phenolic OH excluding ortho intramolecular Hbond substituents is 2. The van der Waals surface area contributed by atoms with Crippen LogP contribution in [-0.4, -0.2) is 22.7 Å². The second-order valence-corrected chi connectivity index (χ2v) is 3.10. The van der Waals surface area contributed by atoms with E-state index in [0.717, 1.165) is 0 Å². The molecule has 0 aliphatic rings. The second kappa shape index (κ2) is 5.66. The van der Waals surface area contributed by atoms with Gasteiger partial charge in [-0.15, -0.1) is 11.8 Å². The van der Waals surface area contributed by atoms with Gasteiger partial charge in [0.25, 0.3) is 5.91 Å². The SMILES string of the molecule is CC#CCCNC(=O)c1c(O)cccc1O. The summed E-state index contributed by atoms with van der Waals surface area (Å²) in [6.45, 7) is 2.10. The number of carbonyl (C=O) groups is 1. The van der Waals surface area contributed by atoms with Crippen LogP contribution in [0.15, 0.2) is 18.2 Å². The highest BCUT2D eigenvalue weighted by atomic mass is 16.3. The lowest BCUT2D eigenvalue weighted by Crippen LogP contribution is -2.24. The number of carbonyl (C=O) groups excluding carboxylic acids is 1. The molecule has 0 radical (unpaired) electrons. The molecule has 4 nitrogen and oxygen atoms in total. The molecule has 1 aromatic rings. The number of hydrogen-bond donors (Lipinski definition) is 3. The molecule has 4 heteroatoms. The Bertz CT molecular complexity index is 423. The summed E-state index contributed by atoms with van der Waals surface area (Å²) in [4.78, 5) is 11.6. The number of phenols is 2. The molecular weight excluding hydrogens is 206 g/mol. The molecule has 0 saturated carbocycles. The minimum Gasteiger partial charge on any atom is -0.507 e. The average molecular weight is 219 g/mol. The van der Waals surface area contributed by atoms with Crippen molar-refractivity contribution in [3.63, 3.8) is 0 Å². The first-order valence-corrected chi connectivity index (χ1v) is 4.85. The van der Waals surface area contributed by atoms with Crippen molar-refractivity contribution in [3.8, 4) is 23.3 Å². The van der Waals surface area contributed by atoms with Gasteiger partial charge in [0.2, 0.25) is 0 Å².